The molecule has 0 saturated carbocycles. The van der Waals surface area contributed by atoms with Crippen LogP contribution in [0, 0.1) is 12.8 Å². The van der Waals surface area contributed by atoms with Crippen molar-refractivity contribution in [3.05, 3.63) is 35.4 Å². The van der Waals surface area contributed by atoms with E-state index >= 15 is 0 Å². The fraction of sp³-hybridized carbons (Fsp3) is 0.600. The summed E-state index contributed by atoms with van der Waals surface area (Å²) in [5.41, 5.74) is 2.49. The van der Waals surface area contributed by atoms with Crippen molar-refractivity contribution in [2.24, 2.45) is 5.92 Å². The molecule has 1 fully saturated rings. The summed E-state index contributed by atoms with van der Waals surface area (Å²) in [6, 6.07) is 8.22. The van der Waals surface area contributed by atoms with Crippen LogP contribution in [0.2, 0.25) is 0 Å². The van der Waals surface area contributed by atoms with Crippen molar-refractivity contribution < 1.29 is 9.59 Å². The lowest BCUT2D eigenvalue weighted by Gasteiger charge is -2.36. The number of hydrogen-bond donors (Lipinski definition) is 0. The third-order valence-electron chi connectivity index (χ3n) is 5.15. The highest BCUT2D eigenvalue weighted by Gasteiger charge is 2.27. The van der Waals surface area contributed by atoms with Crippen molar-refractivity contribution in [2.45, 2.75) is 46.5 Å². The Morgan fingerprint density at radius 3 is 2.17 bits per heavy atom. The molecule has 0 bridgehead atoms. The maximum absolute atomic E-state index is 12.4. The summed E-state index contributed by atoms with van der Waals surface area (Å²) in [5, 5.41) is 0. The zero-order chi connectivity index (χ0) is 17.5. The van der Waals surface area contributed by atoms with E-state index < -0.39 is 0 Å². The van der Waals surface area contributed by atoms with Crippen LogP contribution in [0.3, 0.4) is 0 Å². The predicted molar refractivity (Wildman–Crippen MR) is 96.7 cm³/mol. The van der Waals surface area contributed by atoms with E-state index in [2.05, 4.69) is 32.9 Å². The molecule has 4 heteroatoms. The third kappa shape index (κ3) is 4.59. The summed E-state index contributed by atoms with van der Waals surface area (Å²) >= 11 is 0. The van der Waals surface area contributed by atoms with Gasteiger partial charge in [0.25, 0.3) is 0 Å². The lowest BCUT2D eigenvalue weighted by atomic mass is 10.0. The summed E-state index contributed by atoms with van der Waals surface area (Å²) in [6.45, 7) is 8.89. The Bertz CT molecular complexity index is 559. The fourth-order valence-electron chi connectivity index (χ4n) is 3.36. The number of rotatable bonds is 6. The molecular weight excluding hydrogens is 300 g/mol. The van der Waals surface area contributed by atoms with Crippen LogP contribution in [-0.4, -0.2) is 47.8 Å². The molecule has 1 heterocycles. The lowest BCUT2D eigenvalue weighted by Crippen LogP contribution is -2.51. The Labute approximate surface area is 145 Å². The summed E-state index contributed by atoms with van der Waals surface area (Å²) in [4.78, 5) is 28.7. The molecule has 0 aromatic heterocycles. The normalized spacial score (nSPS) is 15.0. The summed E-state index contributed by atoms with van der Waals surface area (Å²) in [6.07, 6.45) is 3.12. The standard InChI is InChI=1S/C20H30N2O2/c1-4-17(5-2)20(24)22-14-12-21(13-15-22)19(23)11-10-18-9-7-6-8-16(18)3/h6-9,17H,4-5,10-15H2,1-3H3. The molecular formula is C20H30N2O2. The van der Waals surface area contributed by atoms with E-state index in [9.17, 15) is 9.59 Å². The molecule has 0 N–H and O–H groups in total. The monoisotopic (exact) mass is 330 g/mol. The van der Waals surface area contributed by atoms with E-state index in [-0.39, 0.29) is 17.7 Å². The van der Waals surface area contributed by atoms with Gasteiger partial charge in [-0.1, -0.05) is 38.1 Å². The molecule has 1 aliphatic heterocycles. The number of aryl methyl sites for hydroxylation is 2. The van der Waals surface area contributed by atoms with Gasteiger partial charge in [0.1, 0.15) is 0 Å². The summed E-state index contributed by atoms with van der Waals surface area (Å²) in [5.74, 6) is 0.591. The molecule has 1 aromatic carbocycles. The first-order chi connectivity index (χ1) is 11.6. The fourth-order valence-corrected chi connectivity index (χ4v) is 3.36. The number of piperazine rings is 1. The third-order valence-corrected chi connectivity index (χ3v) is 5.15. The molecule has 1 saturated heterocycles. The smallest absolute Gasteiger partial charge is 0.225 e. The molecule has 0 spiro atoms. The van der Waals surface area contributed by atoms with Crippen molar-refractivity contribution >= 4 is 11.8 Å². The molecule has 0 radical (unpaired) electrons. The Kier molecular flexibility index (Phi) is 6.83. The average Bonchev–Trinajstić information content (AvgIpc) is 2.62. The van der Waals surface area contributed by atoms with Gasteiger partial charge in [0.05, 0.1) is 0 Å². The minimum absolute atomic E-state index is 0.133. The second-order valence-electron chi connectivity index (χ2n) is 6.65. The van der Waals surface area contributed by atoms with E-state index in [1.807, 2.05) is 21.9 Å². The molecule has 0 atom stereocenters. The van der Waals surface area contributed by atoms with E-state index in [1.165, 1.54) is 11.1 Å². The van der Waals surface area contributed by atoms with E-state index in [0.29, 0.717) is 32.6 Å². The van der Waals surface area contributed by atoms with Crippen molar-refractivity contribution in [3.8, 4) is 0 Å². The summed E-state index contributed by atoms with van der Waals surface area (Å²) in [7, 11) is 0. The minimum Gasteiger partial charge on any atom is -0.339 e. The van der Waals surface area contributed by atoms with Gasteiger partial charge in [0.2, 0.25) is 11.8 Å². The number of amides is 2. The SMILES string of the molecule is CCC(CC)C(=O)N1CCN(C(=O)CCc2ccccc2C)CC1. The van der Waals surface area contributed by atoms with Crippen molar-refractivity contribution in [1.82, 2.24) is 9.80 Å². The highest BCUT2D eigenvalue weighted by molar-refractivity contribution is 5.80. The average molecular weight is 330 g/mol. The van der Waals surface area contributed by atoms with Crippen LogP contribution in [0.4, 0.5) is 0 Å². The van der Waals surface area contributed by atoms with Gasteiger partial charge in [-0.25, -0.2) is 0 Å². The number of hydrogen-bond acceptors (Lipinski definition) is 2. The van der Waals surface area contributed by atoms with Gasteiger partial charge in [-0.3, -0.25) is 9.59 Å². The van der Waals surface area contributed by atoms with Crippen LogP contribution in [0.5, 0.6) is 0 Å². The Balaban J connectivity index is 1.80. The second-order valence-corrected chi connectivity index (χ2v) is 6.65. The minimum atomic E-state index is 0.133. The first-order valence-electron chi connectivity index (χ1n) is 9.17. The van der Waals surface area contributed by atoms with Crippen LogP contribution in [0.15, 0.2) is 24.3 Å². The molecule has 0 unspecified atom stereocenters. The number of carbonyl (C=O) groups is 2. The largest absolute Gasteiger partial charge is 0.339 e. The molecule has 132 valence electrons. The van der Waals surface area contributed by atoms with Crippen LogP contribution < -0.4 is 0 Å². The van der Waals surface area contributed by atoms with Gasteiger partial charge in [0.15, 0.2) is 0 Å². The zero-order valence-corrected chi connectivity index (χ0v) is 15.3. The van der Waals surface area contributed by atoms with Gasteiger partial charge in [0, 0.05) is 38.5 Å². The molecule has 0 aliphatic carbocycles. The molecule has 4 nitrogen and oxygen atoms in total. The van der Waals surface area contributed by atoms with E-state index in [0.717, 1.165) is 19.3 Å². The Morgan fingerprint density at radius 1 is 1.00 bits per heavy atom. The van der Waals surface area contributed by atoms with Gasteiger partial charge in [-0.15, -0.1) is 0 Å². The molecule has 2 amide bonds. The number of benzene rings is 1. The van der Waals surface area contributed by atoms with Crippen molar-refractivity contribution in [2.75, 3.05) is 26.2 Å². The molecule has 2 rings (SSSR count). The number of carbonyl (C=O) groups excluding carboxylic acids is 2. The summed E-state index contributed by atoms with van der Waals surface area (Å²) < 4.78 is 0. The quantitative estimate of drug-likeness (QED) is 0.804. The maximum atomic E-state index is 12.4. The molecule has 1 aliphatic rings. The number of nitrogens with zero attached hydrogens (tertiary/aromatic N) is 2. The zero-order valence-electron chi connectivity index (χ0n) is 15.3. The van der Waals surface area contributed by atoms with Gasteiger partial charge in [-0.2, -0.15) is 0 Å². The van der Waals surface area contributed by atoms with Crippen LogP contribution in [0.25, 0.3) is 0 Å². The Hall–Kier alpha value is -1.84. The first kappa shape index (κ1) is 18.5. The van der Waals surface area contributed by atoms with Gasteiger partial charge >= 0.3 is 0 Å². The molecule has 1 aromatic rings. The van der Waals surface area contributed by atoms with E-state index in [4.69, 9.17) is 0 Å². The Morgan fingerprint density at radius 2 is 1.58 bits per heavy atom. The van der Waals surface area contributed by atoms with Crippen LogP contribution >= 0.6 is 0 Å². The van der Waals surface area contributed by atoms with Gasteiger partial charge in [-0.05, 0) is 37.3 Å². The van der Waals surface area contributed by atoms with Gasteiger partial charge < -0.3 is 9.80 Å². The predicted octanol–water partition coefficient (Wildman–Crippen LogP) is 3.03. The first-order valence-corrected chi connectivity index (χ1v) is 9.17. The van der Waals surface area contributed by atoms with Crippen molar-refractivity contribution in [3.63, 3.8) is 0 Å². The van der Waals surface area contributed by atoms with Crippen LogP contribution in [-0.2, 0) is 16.0 Å². The highest BCUT2D eigenvalue weighted by atomic mass is 16.2. The topological polar surface area (TPSA) is 40.6 Å². The maximum Gasteiger partial charge on any atom is 0.225 e. The van der Waals surface area contributed by atoms with Crippen LogP contribution in [0.1, 0.15) is 44.2 Å². The lowest BCUT2D eigenvalue weighted by molar-refractivity contribution is -0.142. The van der Waals surface area contributed by atoms with E-state index in [1.54, 1.807) is 0 Å². The molecule has 24 heavy (non-hydrogen) atoms. The van der Waals surface area contributed by atoms with Crippen molar-refractivity contribution in [1.29, 1.82) is 0 Å². The highest BCUT2D eigenvalue weighted by Crippen LogP contribution is 2.15. The second kappa shape index (κ2) is 8.86.